The molecule has 0 radical (unpaired) electrons. The Balaban J connectivity index is 1.51. The van der Waals surface area contributed by atoms with E-state index in [1.54, 1.807) is 0 Å². The zero-order chi connectivity index (χ0) is 15.8. The van der Waals surface area contributed by atoms with Crippen molar-refractivity contribution < 1.29 is 4.79 Å². The van der Waals surface area contributed by atoms with Crippen LogP contribution in [-0.2, 0) is 11.2 Å². The van der Waals surface area contributed by atoms with E-state index in [2.05, 4.69) is 45.4 Å². The van der Waals surface area contributed by atoms with Gasteiger partial charge in [-0.2, -0.15) is 5.10 Å². The first-order chi connectivity index (χ1) is 11.2. The molecule has 1 N–H and O–H groups in total. The molecule has 2 atom stereocenters. The maximum Gasteiger partial charge on any atom is 0.230 e. The summed E-state index contributed by atoms with van der Waals surface area (Å²) in [7, 11) is 0. The molecule has 1 amide bonds. The van der Waals surface area contributed by atoms with Gasteiger partial charge in [0, 0.05) is 24.7 Å². The van der Waals surface area contributed by atoms with Gasteiger partial charge < -0.3 is 4.90 Å². The highest BCUT2D eigenvalue weighted by Crippen LogP contribution is 2.36. The molecule has 4 rings (SSSR count). The summed E-state index contributed by atoms with van der Waals surface area (Å²) in [5.74, 6) is 0.743. The summed E-state index contributed by atoms with van der Waals surface area (Å²) in [6.45, 7) is 3.72. The number of amides is 1. The Morgan fingerprint density at radius 1 is 1.30 bits per heavy atom. The standard InChI is InChI=1S/C19H23N3O/c1-13-11-18(21-20-13)15-6-4-10-22(12-15)19(23)17-9-8-14-5-2-3-7-16(14)17/h2-3,5,7,11,15,17H,4,6,8-10,12H2,1H3,(H,20,21). The lowest BCUT2D eigenvalue weighted by Gasteiger charge is -2.34. The molecular weight excluding hydrogens is 286 g/mol. The van der Waals surface area contributed by atoms with E-state index in [0.29, 0.717) is 11.8 Å². The molecule has 1 aliphatic carbocycles. The molecule has 0 saturated carbocycles. The summed E-state index contributed by atoms with van der Waals surface area (Å²) in [5, 5.41) is 7.43. The van der Waals surface area contributed by atoms with Crippen LogP contribution in [0.25, 0.3) is 0 Å². The molecule has 4 nitrogen and oxygen atoms in total. The number of H-pyrrole nitrogens is 1. The lowest BCUT2D eigenvalue weighted by molar-refractivity contribution is -0.134. The molecule has 4 heteroatoms. The number of likely N-dealkylation sites (tertiary alicyclic amines) is 1. The molecule has 1 aliphatic heterocycles. The van der Waals surface area contributed by atoms with Crippen LogP contribution in [0.15, 0.2) is 30.3 Å². The van der Waals surface area contributed by atoms with Gasteiger partial charge in [0.15, 0.2) is 0 Å². The number of carbonyl (C=O) groups excluding carboxylic acids is 1. The molecule has 2 aromatic rings. The Bertz CT molecular complexity index is 721. The number of rotatable bonds is 2. The minimum absolute atomic E-state index is 0.0610. The van der Waals surface area contributed by atoms with Crippen molar-refractivity contribution in [3.63, 3.8) is 0 Å². The van der Waals surface area contributed by atoms with Crippen LogP contribution in [0.2, 0.25) is 0 Å². The topological polar surface area (TPSA) is 49.0 Å². The number of piperidine rings is 1. The van der Waals surface area contributed by atoms with E-state index in [1.807, 2.05) is 6.92 Å². The highest BCUT2D eigenvalue weighted by Gasteiger charge is 2.34. The predicted octanol–water partition coefficient (Wildman–Crippen LogP) is 3.15. The Kier molecular flexibility index (Phi) is 3.68. The van der Waals surface area contributed by atoms with Crippen LogP contribution in [0, 0.1) is 6.92 Å². The van der Waals surface area contributed by atoms with Gasteiger partial charge in [-0.15, -0.1) is 0 Å². The second kappa shape index (κ2) is 5.84. The average molecular weight is 309 g/mol. The summed E-state index contributed by atoms with van der Waals surface area (Å²) in [5.41, 5.74) is 4.79. The summed E-state index contributed by atoms with van der Waals surface area (Å²) >= 11 is 0. The van der Waals surface area contributed by atoms with E-state index in [4.69, 9.17) is 0 Å². The van der Waals surface area contributed by atoms with Crippen molar-refractivity contribution in [2.75, 3.05) is 13.1 Å². The van der Waals surface area contributed by atoms with Crippen molar-refractivity contribution in [2.45, 2.75) is 44.4 Å². The number of aryl methyl sites for hydroxylation is 2. The zero-order valence-electron chi connectivity index (χ0n) is 13.6. The summed E-state index contributed by atoms with van der Waals surface area (Å²) in [4.78, 5) is 15.1. The molecule has 1 fully saturated rings. The maximum atomic E-state index is 13.0. The number of hydrogen-bond acceptors (Lipinski definition) is 2. The summed E-state index contributed by atoms with van der Waals surface area (Å²) in [6, 6.07) is 10.5. The molecule has 0 bridgehead atoms. The third-order valence-corrected chi connectivity index (χ3v) is 5.31. The number of fused-ring (bicyclic) bond motifs is 1. The van der Waals surface area contributed by atoms with Crippen molar-refractivity contribution in [1.29, 1.82) is 0 Å². The molecule has 1 aromatic carbocycles. The minimum Gasteiger partial charge on any atom is -0.341 e. The van der Waals surface area contributed by atoms with Crippen molar-refractivity contribution in [3.05, 3.63) is 52.8 Å². The number of nitrogens with one attached hydrogen (secondary N) is 1. The predicted molar refractivity (Wildman–Crippen MR) is 89.4 cm³/mol. The molecule has 1 saturated heterocycles. The van der Waals surface area contributed by atoms with E-state index in [9.17, 15) is 4.79 Å². The fraction of sp³-hybridized carbons (Fsp3) is 0.474. The van der Waals surface area contributed by atoms with Gasteiger partial charge >= 0.3 is 0 Å². The molecule has 120 valence electrons. The fourth-order valence-electron chi connectivity index (χ4n) is 4.10. The van der Waals surface area contributed by atoms with E-state index < -0.39 is 0 Å². The summed E-state index contributed by atoms with van der Waals surface area (Å²) in [6.07, 6.45) is 4.18. The van der Waals surface area contributed by atoms with E-state index in [0.717, 1.165) is 50.2 Å². The molecule has 2 heterocycles. The Labute approximate surface area is 136 Å². The monoisotopic (exact) mass is 309 g/mol. The molecule has 0 spiro atoms. The molecule has 1 aromatic heterocycles. The van der Waals surface area contributed by atoms with Crippen LogP contribution in [0.5, 0.6) is 0 Å². The van der Waals surface area contributed by atoms with Crippen LogP contribution >= 0.6 is 0 Å². The van der Waals surface area contributed by atoms with Crippen molar-refractivity contribution in [2.24, 2.45) is 0 Å². The average Bonchev–Trinajstić information content (AvgIpc) is 3.20. The molecule has 2 aliphatic rings. The zero-order valence-corrected chi connectivity index (χ0v) is 13.6. The number of hydrogen-bond donors (Lipinski definition) is 1. The van der Waals surface area contributed by atoms with Gasteiger partial charge in [0.05, 0.1) is 11.6 Å². The second-order valence-electron chi connectivity index (χ2n) is 6.89. The van der Waals surface area contributed by atoms with Crippen LogP contribution in [0.3, 0.4) is 0 Å². The van der Waals surface area contributed by atoms with Gasteiger partial charge in [-0.25, -0.2) is 0 Å². The van der Waals surface area contributed by atoms with Crippen LogP contribution < -0.4 is 0 Å². The van der Waals surface area contributed by atoms with Crippen LogP contribution in [-0.4, -0.2) is 34.1 Å². The van der Waals surface area contributed by atoms with Gasteiger partial charge in [0.25, 0.3) is 0 Å². The van der Waals surface area contributed by atoms with Crippen LogP contribution in [0.4, 0.5) is 0 Å². The largest absolute Gasteiger partial charge is 0.341 e. The van der Waals surface area contributed by atoms with Gasteiger partial charge in [-0.3, -0.25) is 9.89 Å². The highest BCUT2D eigenvalue weighted by molar-refractivity contribution is 5.85. The smallest absolute Gasteiger partial charge is 0.230 e. The first-order valence-electron chi connectivity index (χ1n) is 8.61. The number of carbonyl (C=O) groups is 1. The van der Waals surface area contributed by atoms with E-state index >= 15 is 0 Å². The molecular formula is C19H23N3O. The van der Waals surface area contributed by atoms with Crippen molar-refractivity contribution >= 4 is 5.91 Å². The highest BCUT2D eigenvalue weighted by atomic mass is 16.2. The number of aromatic amines is 1. The number of nitrogens with zero attached hydrogens (tertiary/aromatic N) is 2. The lowest BCUT2D eigenvalue weighted by atomic mass is 9.92. The third-order valence-electron chi connectivity index (χ3n) is 5.31. The third kappa shape index (κ3) is 2.67. The normalized spacial score (nSPS) is 23.8. The molecule has 23 heavy (non-hydrogen) atoms. The Morgan fingerprint density at radius 3 is 3.00 bits per heavy atom. The first-order valence-corrected chi connectivity index (χ1v) is 8.61. The number of aromatic nitrogens is 2. The quantitative estimate of drug-likeness (QED) is 0.926. The SMILES string of the molecule is Cc1cc(C2CCCN(C(=O)C3CCc4ccccc43)C2)n[nH]1. The fourth-order valence-corrected chi connectivity index (χ4v) is 4.10. The molecule has 2 unspecified atom stereocenters. The Hall–Kier alpha value is -2.10. The van der Waals surface area contributed by atoms with Crippen molar-refractivity contribution in [1.82, 2.24) is 15.1 Å². The van der Waals surface area contributed by atoms with E-state index in [-0.39, 0.29) is 5.92 Å². The number of benzene rings is 1. The van der Waals surface area contributed by atoms with Crippen molar-refractivity contribution in [3.8, 4) is 0 Å². The van der Waals surface area contributed by atoms with Gasteiger partial charge in [-0.05, 0) is 49.8 Å². The van der Waals surface area contributed by atoms with Gasteiger partial charge in [-0.1, -0.05) is 24.3 Å². The van der Waals surface area contributed by atoms with Crippen LogP contribution in [0.1, 0.15) is 53.6 Å². The maximum absolute atomic E-state index is 13.0. The van der Waals surface area contributed by atoms with Gasteiger partial charge in [0.1, 0.15) is 0 Å². The minimum atomic E-state index is 0.0610. The lowest BCUT2D eigenvalue weighted by Crippen LogP contribution is -2.41. The van der Waals surface area contributed by atoms with Gasteiger partial charge in [0.2, 0.25) is 5.91 Å². The second-order valence-corrected chi connectivity index (χ2v) is 6.89. The Morgan fingerprint density at radius 2 is 2.17 bits per heavy atom. The summed E-state index contributed by atoms with van der Waals surface area (Å²) < 4.78 is 0. The van der Waals surface area contributed by atoms with E-state index in [1.165, 1.54) is 11.1 Å². The first kappa shape index (κ1) is 14.5.